The minimum atomic E-state index is -3.31. The third kappa shape index (κ3) is 6.01. The topological polar surface area (TPSA) is 85.1 Å². The maximum absolute atomic E-state index is 12.1. The first-order chi connectivity index (χ1) is 13.0. The second-order valence-corrected chi connectivity index (χ2v) is 8.35. The van der Waals surface area contributed by atoms with E-state index in [0.29, 0.717) is 24.6 Å². The van der Waals surface area contributed by atoms with Gasteiger partial charge in [0.05, 0.1) is 5.75 Å². The quantitative estimate of drug-likeness (QED) is 0.612. The molecule has 0 spiro atoms. The van der Waals surface area contributed by atoms with E-state index in [-0.39, 0.29) is 12.3 Å². The lowest BCUT2D eigenvalue weighted by Crippen LogP contribution is -2.28. The Kier molecular flexibility index (Phi) is 6.36. The average molecular weight is 385 g/mol. The van der Waals surface area contributed by atoms with E-state index in [4.69, 9.17) is 4.42 Å². The highest BCUT2D eigenvalue weighted by molar-refractivity contribution is 7.89. The standard InChI is InChI=1S/C20H23N3O3S/c1-16-9-11-18(12-10-16)20-23-22-19(26-20)13-14-21-27(24,25)15-5-8-17-6-3-2-4-7-17/h2-4,6-7,9-12,21H,5,8,13-15H2,1H3. The molecule has 0 bridgehead atoms. The molecule has 0 unspecified atom stereocenters. The van der Waals surface area contributed by atoms with Gasteiger partial charge in [-0.05, 0) is 37.5 Å². The van der Waals surface area contributed by atoms with Gasteiger partial charge in [0.2, 0.25) is 21.8 Å². The number of aryl methyl sites for hydroxylation is 2. The Morgan fingerprint density at radius 2 is 1.70 bits per heavy atom. The largest absolute Gasteiger partial charge is 0.421 e. The zero-order valence-electron chi connectivity index (χ0n) is 15.3. The highest BCUT2D eigenvalue weighted by Crippen LogP contribution is 2.18. The summed E-state index contributed by atoms with van der Waals surface area (Å²) in [6.07, 6.45) is 1.68. The first-order valence-electron chi connectivity index (χ1n) is 8.92. The first kappa shape index (κ1) is 19.3. The Morgan fingerprint density at radius 1 is 0.963 bits per heavy atom. The lowest BCUT2D eigenvalue weighted by Gasteiger charge is -2.05. The molecule has 0 amide bonds. The van der Waals surface area contributed by atoms with Crippen molar-refractivity contribution in [2.45, 2.75) is 26.2 Å². The second kappa shape index (κ2) is 8.92. The maximum Gasteiger partial charge on any atom is 0.247 e. The fourth-order valence-corrected chi connectivity index (χ4v) is 3.75. The predicted octanol–water partition coefficient (Wildman–Crippen LogP) is 3.14. The Hall–Kier alpha value is -2.51. The number of hydrogen-bond donors (Lipinski definition) is 1. The highest BCUT2D eigenvalue weighted by atomic mass is 32.2. The summed E-state index contributed by atoms with van der Waals surface area (Å²) in [6, 6.07) is 17.6. The molecule has 1 aromatic heterocycles. The Morgan fingerprint density at radius 3 is 2.44 bits per heavy atom. The summed E-state index contributed by atoms with van der Waals surface area (Å²) in [5.41, 5.74) is 3.14. The van der Waals surface area contributed by atoms with Crippen molar-refractivity contribution < 1.29 is 12.8 Å². The predicted molar refractivity (Wildman–Crippen MR) is 105 cm³/mol. The van der Waals surface area contributed by atoms with Gasteiger partial charge in [-0.3, -0.25) is 0 Å². The molecule has 0 saturated heterocycles. The summed E-state index contributed by atoms with van der Waals surface area (Å²) < 4.78 is 32.4. The van der Waals surface area contributed by atoms with Crippen LogP contribution in [0.2, 0.25) is 0 Å². The van der Waals surface area contributed by atoms with Crippen LogP contribution in [0, 0.1) is 6.92 Å². The lowest BCUT2D eigenvalue weighted by atomic mass is 10.1. The SMILES string of the molecule is Cc1ccc(-c2nnc(CCNS(=O)(=O)CCCc3ccccc3)o2)cc1. The van der Waals surface area contributed by atoms with E-state index in [1.807, 2.05) is 61.5 Å². The number of aromatic nitrogens is 2. The second-order valence-electron chi connectivity index (χ2n) is 6.42. The minimum absolute atomic E-state index is 0.0976. The molecule has 2 aromatic carbocycles. The summed E-state index contributed by atoms with van der Waals surface area (Å²) in [5, 5.41) is 8.01. The molecule has 6 nitrogen and oxygen atoms in total. The number of rotatable bonds is 9. The molecule has 27 heavy (non-hydrogen) atoms. The molecule has 3 aromatic rings. The minimum Gasteiger partial charge on any atom is -0.421 e. The summed E-state index contributed by atoms with van der Waals surface area (Å²) in [6.45, 7) is 2.25. The van der Waals surface area contributed by atoms with Crippen molar-refractivity contribution in [3.8, 4) is 11.5 Å². The van der Waals surface area contributed by atoms with Crippen LogP contribution in [0.3, 0.4) is 0 Å². The van der Waals surface area contributed by atoms with Gasteiger partial charge in [0.25, 0.3) is 0 Å². The Balaban J connectivity index is 1.44. The molecule has 0 atom stereocenters. The molecular weight excluding hydrogens is 362 g/mol. The van der Waals surface area contributed by atoms with Gasteiger partial charge in [-0.2, -0.15) is 0 Å². The molecule has 7 heteroatoms. The molecule has 0 aliphatic heterocycles. The molecule has 0 radical (unpaired) electrons. The van der Waals surface area contributed by atoms with Gasteiger partial charge in [0.1, 0.15) is 0 Å². The summed E-state index contributed by atoms with van der Waals surface area (Å²) in [7, 11) is -3.31. The monoisotopic (exact) mass is 385 g/mol. The number of hydrogen-bond acceptors (Lipinski definition) is 5. The van der Waals surface area contributed by atoms with Gasteiger partial charge in [-0.15, -0.1) is 10.2 Å². The molecular formula is C20H23N3O3S. The van der Waals surface area contributed by atoms with Crippen molar-refractivity contribution in [3.63, 3.8) is 0 Å². The van der Waals surface area contributed by atoms with Crippen LogP contribution >= 0.6 is 0 Å². The molecule has 0 saturated carbocycles. The number of benzene rings is 2. The third-order valence-electron chi connectivity index (χ3n) is 4.15. The summed E-state index contributed by atoms with van der Waals surface area (Å²) in [4.78, 5) is 0. The van der Waals surface area contributed by atoms with Crippen LogP contribution in [-0.2, 0) is 22.9 Å². The maximum atomic E-state index is 12.1. The Bertz CT molecular complexity index is 952. The number of nitrogens with zero attached hydrogens (tertiary/aromatic N) is 2. The van der Waals surface area contributed by atoms with Crippen molar-refractivity contribution in [1.29, 1.82) is 0 Å². The van der Waals surface area contributed by atoms with Crippen molar-refractivity contribution in [2.75, 3.05) is 12.3 Å². The summed E-state index contributed by atoms with van der Waals surface area (Å²) >= 11 is 0. The molecule has 0 fully saturated rings. The molecule has 0 aliphatic rings. The normalized spacial score (nSPS) is 11.6. The van der Waals surface area contributed by atoms with E-state index in [9.17, 15) is 8.42 Å². The van der Waals surface area contributed by atoms with Crippen molar-refractivity contribution in [1.82, 2.24) is 14.9 Å². The smallest absolute Gasteiger partial charge is 0.247 e. The van der Waals surface area contributed by atoms with Crippen molar-refractivity contribution in [2.24, 2.45) is 0 Å². The van der Waals surface area contributed by atoms with Crippen LogP contribution in [-0.4, -0.2) is 30.9 Å². The van der Waals surface area contributed by atoms with Gasteiger partial charge in [-0.1, -0.05) is 48.0 Å². The molecule has 0 aliphatic carbocycles. The fraction of sp³-hybridized carbons (Fsp3) is 0.300. The van der Waals surface area contributed by atoms with E-state index in [0.717, 1.165) is 23.1 Å². The van der Waals surface area contributed by atoms with E-state index in [1.165, 1.54) is 0 Å². The van der Waals surface area contributed by atoms with Gasteiger partial charge in [-0.25, -0.2) is 13.1 Å². The Labute approximate surface area is 159 Å². The highest BCUT2D eigenvalue weighted by Gasteiger charge is 2.12. The van der Waals surface area contributed by atoms with Gasteiger partial charge >= 0.3 is 0 Å². The van der Waals surface area contributed by atoms with E-state index in [1.54, 1.807) is 0 Å². The van der Waals surface area contributed by atoms with Gasteiger partial charge in [0.15, 0.2) is 0 Å². The fourth-order valence-electron chi connectivity index (χ4n) is 2.66. The van der Waals surface area contributed by atoms with Crippen molar-refractivity contribution >= 4 is 10.0 Å². The number of sulfonamides is 1. The number of nitrogens with one attached hydrogen (secondary N) is 1. The first-order valence-corrected chi connectivity index (χ1v) is 10.6. The van der Waals surface area contributed by atoms with E-state index in [2.05, 4.69) is 14.9 Å². The van der Waals surface area contributed by atoms with Crippen LogP contribution in [0.25, 0.3) is 11.5 Å². The zero-order valence-corrected chi connectivity index (χ0v) is 16.1. The van der Waals surface area contributed by atoms with Gasteiger partial charge in [0, 0.05) is 18.5 Å². The van der Waals surface area contributed by atoms with Crippen LogP contribution in [0.5, 0.6) is 0 Å². The third-order valence-corrected chi connectivity index (χ3v) is 5.62. The van der Waals surface area contributed by atoms with Crippen molar-refractivity contribution in [3.05, 3.63) is 71.6 Å². The molecule has 142 valence electrons. The van der Waals surface area contributed by atoms with Crippen LogP contribution in [0.1, 0.15) is 23.4 Å². The lowest BCUT2D eigenvalue weighted by molar-refractivity contribution is 0.502. The van der Waals surface area contributed by atoms with E-state index < -0.39 is 10.0 Å². The van der Waals surface area contributed by atoms with Crippen LogP contribution in [0.4, 0.5) is 0 Å². The summed E-state index contributed by atoms with van der Waals surface area (Å²) in [5.74, 6) is 0.952. The van der Waals surface area contributed by atoms with Crippen LogP contribution < -0.4 is 4.72 Å². The van der Waals surface area contributed by atoms with Gasteiger partial charge < -0.3 is 4.42 Å². The average Bonchev–Trinajstić information content (AvgIpc) is 3.12. The molecule has 1 N–H and O–H groups in total. The molecule has 3 rings (SSSR count). The van der Waals surface area contributed by atoms with E-state index >= 15 is 0 Å². The van der Waals surface area contributed by atoms with Crippen LogP contribution in [0.15, 0.2) is 59.0 Å². The molecule has 1 heterocycles. The zero-order chi connectivity index (χ0) is 19.1.